The predicted octanol–water partition coefficient (Wildman–Crippen LogP) is 5.93. The first kappa shape index (κ1) is 24.3. The molecule has 0 saturated carbocycles. The van der Waals surface area contributed by atoms with Crippen molar-refractivity contribution >= 4 is 63.7 Å². The van der Waals surface area contributed by atoms with Gasteiger partial charge in [-0.2, -0.15) is 0 Å². The minimum Gasteiger partial charge on any atom is -0.339 e. The molecule has 166 valence electrons. The zero-order chi connectivity index (χ0) is 23.1. The Morgan fingerprint density at radius 2 is 1.31 bits per heavy atom. The summed E-state index contributed by atoms with van der Waals surface area (Å²) in [6.45, 7) is 1.95. The molecule has 4 nitrogen and oxygen atoms in total. The topological polar surface area (TPSA) is 53.2 Å². The van der Waals surface area contributed by atoms with E-state index in [1.54, 1.807) is 0 Å². The first-order valence-electron chi connectivity index (χ1n) is 9.86. The van der Waals surface area contributed by atoms with Gasteiger partial charge >= 0.3 is 0 Å². The van der Waals surface area contributed by atoms with E-state index in [9.17, 15) is 4.79 Å². The second kappa shape index (κ2) is 11.0. The maximum absolute atomic E-state index is 13.4. The van der Waals surface area contributed by atoms with E-state index in [1.165, 1.54) is 0 Å². The molecule has 0 fully saturated rings. The van der Waals surface area contributed by atoms with E-state index in [1.807, 2.05) is 91.9 Å². The van der Waals surface area contributed by atoms with E-state index in [2.05, 4.69) is 16.0 Å². The predicted molar refractivity (Wildman–Crippen MR) is 137 cm³/mol. The molecule has 3 rings (SSSR count). The highest BCUT2D eigenvalue weighted by molar-refractivity contribution is 7.80. The largest absolute Gasteiger partial charge is 0.339 e. The SMILES string of the molecule is Cc1ccccc1NC(=S)NC(NC(=O)C(c1ccccc1)c1ccccc1)C(Cl)(Cl)Cl. The van der Waals surface area contributed by atoms with Crippen molar-refractivity contribution in [1.82, 2.24) is 10.6 Å². The molecule has 0 aliphatic carbocycles. The monoisotopic (exact) mass is 505 g/mol. The second-order valence-electron chi connectivity index (χ2n) is 7.15. The van der Waals surface area contributed by atoms with Crippen molar-refractivity contribution in [2.45, 2.75) is 22.8 Å². The molecular formula is C24H22Cl3N3OS. The number of hydrogen-bond donors (Lipinski definition) is 3. The van der Waals surface area contributed by atoms with Crippen LogP contribution >= 0.6 is 47.0 Å². The molecule has 0 spiro atoms. The number of carbonyl (C=O) groups excluding carboxylic acids is 1. The average molecular weight is 507 g/mol. The Kier molecular flexibility index (Phi) is 8.38. The molecular weight excluding hydrogens is 485 g/mol. The lowest BCUT2D eigenvalue weighted by Gasteiger charge is -2.30. The van der Waals surface area contributed by atoms with Crippen molar-refractivity contribution in [2.24, 2.45) is 0 Å². The Morgan fingerprint density at radius 1 is 0.812 bits per heavy atom. The third-order valence-electron chi connectivity index (χ3n) is 4.81. The molecule has 8 heteroatoms. The highest BCUT2D eigenvalue weighted by atomic mass is 35.6. The van der Waals surface area contributed by atoms with Crippen LogP contribution in [-0.4, -0.2) is 21.0 Å². The quantitative estimate of drug-likeness (QED) is 0.220. The lowest BCUT2D eigenvalue weighted by Crippen LogP contribution is -2.57. The van der Waals surface area contributed by atoms with Gasteiger partial charge in [-0.3, -0.25) is 4.79 Å². The highest BCUT2D eigenvalue weighted by Crippen LogP contribution is 2.31. The molecule has 0 aromatic heterocycles. The van der Waals surface area contributed by atoms with Crippen LogP contribution in [0.1, 0.15) is 22.6 Å². The van der Waals surface area contributed by atoms with E-state index < -0.39 is 15.9 Å². The van der Waals surface area contributed by atoms with Crippen LogP contribution in [0, 0.1) is 6.92 Å². The zero-order valence-electron chi connectivity index (χ0n) is 17.2. The minimum absolute atomic E-state index is 0.215. The summed E-state index contributed by atoms with van der Waals surface area (Å²) in [5, 5.41) is 9.01. The summed E-state index contributed by atoms with van der Waals surface area (Å²) in [5.74, 6) is -0.920. The first-order valence-corrected chi connectivity index (χ1v) is 11.4. The maximum Gasteiger partial charge on any atom is 0.233 e. The lowest BCUT2D eigenvalue weighted by molar-refractivity contribution is -0.122. The van der Waals surface area contributed by atoms with Gasteiger partial charge < -0.3 is 16.0 Å². The molecule has 0 saturated heterocycles. The number of alkyl halides is 3. The smallest absolute Gasteiger partial charge is 0.233 e. The number of nitrogens with one attached hydrogen (secondary N) is 3. The van der Waals surface area contributed by atoms with E-state index >= 15 is 0 Å². The number of thiocarbonyl (C=S) groups is 1. The van der Waals surface area contributed by atoms with E-state index in [0.29, 0.717) is 0 Å². The van der Waals surface area contributed by atoms with Gasteiger partial charge in [0.25, 0.3) is 0 Å². The van der Waals surface area contributed by atoms with Gasteiger partial charge in [-0.25, -0.2) is 0 Å². The molecule has 1 unspecified atom stereocenters. The van der Waals surface area contributed by atoms with E-state index in [4.69, 9.17) is 47.0 Å². The third kappa shape index (κ3) is 6.59. The summed E-state index contributed by atoms with van der Waals surface area (Å²) in [4.78, 5) is 13.4. The van der Waals surface area contributed by atoms with Crippen molar-refractivity contribution in [3.05, 3.63) is 102 Å². The number of aryl methyl sites for hydroxylation is 1. The molecule has 1 amide bonds. The fourth-order valence-electron chi connectivity index (χ4n) is 3.21. The normalized spacial score (nSPS) is 12.2. The van der Waals surface area contributed by atoms with Gasteiger partial charge in [-0.05, 0) is 41.9 Å². The Balaban J connectivity index is 1.81. The van der Waals surface area contributed by atoms with Crippen molar-refractivity contribution < 1.29 is 4.79 Å². The summed E-state index contributed by atoms with van der Waals surface area (Å²) < 4.78 is -1.86. The van der Waals surface area contributed by atoms with Gasteiger partial charge in [0, 0.05) is 5.69 Å². The van der Waals surface area contributed by atoms with Crippen molar-refractivity contribution in [3.63, 3.8) is 0 Å². The van der Waals surface area contributed by atoms with Crippen LogP contribution in [0.2, 0.25) is 0 Å². The summed E-state index contributed by atoms with van der Waals surface area (Å²) in [5.41, 5.74) is 3.45. The molecule has 0 heterocycles. The van der Waals surface area contributed by atoms with E-state index in [-0.39, 0.29) is 11.0 Å². The summed E-state index contributed by atoms with van der Waals surface area (Å²) in [6.07, 6.45) is -1.07. The van der Waals surface area contributed by atoms with Gasteiger partial charge in [-0.1, -0.05) is 114 Å². The number of para-hydroxylation sites is 1. The molecule has 3 aromatic carbocycles. The minimum atomic E-state index is -1.86. The van der Waals surface area contributed by atoms with Crippen LogP contribution in [0.4, 0.5) is 5.69 Å². The fourth-order valence-corrected chi connectivity index (χ4v) is 3.77. The van der Waals surface area contributed by atoms with Crippen LogP contribution < -0.4 is 16.0 Å². The second-order valence-corrected chi connectivity index (χ2v) is 9.93. The van der Waals surface area contributed by atoms with Crippen molar-refractivity contribution in [1.29, 1.82) is 0 Å². The van der Waals surface area contributed by atoms with Crippen LogP contribution in [-0.2, 0) is 4.79 Å². The van der Waals surface area contributed by atoms with Gasteiger partial charge in [0.2, 0.25) is 9.70 Å². The Hall–Kier alpha value is -2.31. The van der Waals surface area contributed by atoms with Crippen molar-refractivity contribution in [2.75, 3.05) is 5.32 Å². The number of benzene rings is 3. The molecule has 3 N–H and O–H groups in total. The van der Waals surface area contributed by atoms with Crippen LogP contribution in [0.15, 0.2) is 84.9 Å². The summed E-state index contributed by atoms with van der Waals surface area (Å²) >= 11 is 24.0. The molecule has 1 atom stereocenters. The van der Waals surface area contributed by atoms with Crippen LogP contribution in [0.3, 0.4) is 0 Å². The van der Waals surface area contributed by atoms with Crippen molar-refractivity contribution in [3.8, 4) is 0 Å². The number of carbonyl (C=O) groups is 1. The summed E-state index contributed by atoms with van der Waals surface area (Å²) in [7, 11) is 0. The number of rotatable bonds is 6. The fraction of sp³-hybridized carbons (Fsp3) is 0.167. The van der Waals surface area contributed by atoms with Crippen LogP contribution in [0.5, 0.6) is 0 Å². The Bertz CT molecular complexity index is 1020. The maximum atomic E-state index is 13.4. The Morgan fingerprint density at radius 3 is 1.81 bits per heavy atom. The third-order valence-corrected chi connectivity index (χ3v) is 5.69. The zero-order valence-corrected chi connectivity index (χ0v) is 20.3. The summed E-state index contributed by atoms with van der Waals surface area (Å²) in [6, 6.07) is 26.5. The van der Waals surface area contributed by atoms with Gasteiger partial charge in [0.05, 0.1) is 5.92 Å². The first-order chi connectivity index (χ1) is 15.3. The highest BCUT2D eigenvalue weighted by Gasteiger charge is 2.36. The average Bonchev–Trinajstić information content (AvgIpc) is 2.76. The van der Waals surface area contributed by atoms with Gasteiger partial charge in [-0.15, -0.1) is 0 Å². The lowest BCUT2D eigenvalue weighted by atomic mass is 9.90. The number of amides is 1. The van der Waals surface area contributed by atoms with E-state index in [0.717, 1.165) is 22.4 Å². The molecule has 0 bridgehead atoms. The number of anilines is 1. The molecule has 0 aliphatic heterocycles. The van der Waals surface area contributed by atoms with Crippen LogP contribution in [0.25, 0.3) is 0 Å². The number of hydrogen-bond acceptors (Lipinski definition) is 2. The molecule has 3 aromatic rings. The van der Waals surface area contributed by atoms with Gasteiger partial charge in [0.15, 0.2) is 5.11 Å². The standard InChI is InChI=1S/C24H22Cl3N3OS/c1-16-10-8-9-15-19(16)28-23(32)30-22(24(25,26)27)29-21(31)20(17-11-4-2-5-12-17)18-13-6-3-7-14-18/h2-15,20,22H,1H3,(H,29,31)(H2,28,30,32). The number of halogens is 3. The molecule has 0 radical (unpaired) electrons. The van der Waals surface area contributed by atoms with Gasteiger partial charge in [0.1, 0.15) is 6.17 Å². The Labute approximate surface area is 208 Å². The molecule has 0 aliphatic rings. The molecule has 32 heavy (non-hydrogen) atoms.